The Balaban J connectivity index is 1.85. The summed E-state index contributed by atoms with van der Waals surface area (Å²) in [6.45, 7) is 2.38. The number of aliphatic hydroxyl groups is 1. The summed E-state index contributed by atoms with van der Waals surface area (Å²) >= 11 is 0. The maximum Gasteiger partial charge on any atom is 0.332 e. The molecular formula is C16H25N7O3. The van der Waals surface area contributed by atoms with Crippen LogP contribution < -0.4 is 21.9 Å². The van der Waals surface area contributed by atoms with E-state index in [2.05, 4.69) is 25.8 Å². The Bertz CT molecular complexity index is 870. The van der Waals surface area contributed by atoms with E-state index < -0.39 is 5.56 Å². The molecular weight excluding hydrogens is 338 g/mol. The van der Waals surface area contributed by atoms with Gasteiger partial charge in [0.25, 0.3) is 5.56 Å². The van der Waals surface area contributed by atoms with Crippen molar-refractivity contribution < 1.29 is 5.11 Å². The van der Waals surface area contributed by atoms with Crippen LogP contribution in [0, 0.1) is 0 Å². The van der Waals surface area contributed by atoms with Gasteiger partial charge in [0.15, 0.2) is 17.0 Å². The fraction of sp³-hybridized carbons (Fsp3) is 0.688. The maximum atomic E-state index is 12.6. The van der Waals surface area contributed by atoms with E-state index in [1.807, 2.05) is 0 Å². The zero-order valence-electron chi connectivity index (χ0n) is 14.9. The number of aromatic nitrogens is 5. The summed E-state index contributed by atoms with van der Waals surface area (Å²) in [5.41, 5.74) is -0.339. The zero-order valence-corrected chi connectivity index (χ0v) is 14.9. The Morgan fingerprint density at radius 1 is 1.12 bits per heavy atom. The molecule has 1 saturated carbocycles. The molecule has 1 aliphatic carbocycles. The molecule has 0 radical (unpaired) electrons. The topological polar surface area (TPSA) is 127 Å². The first-order chi connectivity index (χ1) is 12.6. The van der Waals surface area contributed by atoms with Crippen molar-refractivity contribution in [3.05, 3.63) is 26.7 Å². The molecule has 10 nitrogen and oxygen atoms in total. The van der Waals surface area contributed by atoms with Crippen molar-refractivity contribution in [1.82, 2.24) is 34.9 Å². The fourth-order valence-corrected chi connectivity index (χ4v) is 3.31. The SMILES string of the molecule is Cn1c(=O)c2nc(CNCCNCCO)nnc2n(C2CCCC2)c1=O. The number of fused-ring (bicyclic) bond motifs is 1. The van der Waals surface area contributed by atoms with Gasteiger partial charge in [0.1, 0.15) is 0 Å². The molecule has 2 aromatic heterocycles. The lowest BCUT2D eigenvalue weighted by molar-refractivity contribution is 0.292. The van der Waals surface area contributed by atoms with E-state index in [0.29, 0.717) is 32.0 Å². The summed E-state index contributed by atoms with van der Waals surface area (Å²) in [6, 6.07) is 0.0504. The van der Waals surface area contributed by atoms with Gasteiger partial charge >= 0.3 is 5.69 Å². The van der Waals surface area contributed by atoms with Crippen LogP contribution in [0.2, 0.25) is 0 Å². The van der Waals surface area contributed by atoms with Gasteiger partial charge in [0, 0.05) is 32.7 Å². The van der Waals surface area contributed by atoms with E-state index in [-0.39, 0.29) is 29.5 Å². The molecule has 1 aliphatic rings. The zero-order chi connectivity index (χ0) is 18.5. The smallest absolute Gasteiger partial charge is 0.332 e. The van der Waals surface area contributed by atoms with E-state index in [4.69, 9.17) is 5.11 Å². The highest BCUT2D eigenvalue weighted by molar-refractivity contribution is 5.68. The van der Waals surface area contributed by atoms with Crippen LogP contribution in [0.25, 0.3) is 11.2 Å². The standard InChI is InChI=1S/C16H25N7O3/c1-22-15(25)13-14(23(16(22)26)11-4-2-3-5-11)21-20-12(19-13)10-18-7-6-17-8-9-24/h11,17-18,24H,2-10H2,1H3. The lowest BCUT2D eigenvalue weighted by Crippen LogP contribution is -2.40. The van der Waals surface area contributed by atoms with Crippen molar-refractivity contribution in [3.63, 3.8) is 0 Å². The molecule has 10 heteroatoms. The van der Waals surface area contributed by atoms with Gasteiger partial charge in [-0.1, -0.05) is 12.8 Å². The molecule has 0 unspecified atom stereocenters. The molecule has 26 heavy (non-hydrogen) atoms. The van der Waals surface area contributed by atoms with Gasteiger partial charge in [-0.15, -0.1) is 10.2 Å². The van der Waals surface area contributed by atoms with Crippen molar-refractivity contribution >= 4 is 11.2 Å². The number of hydrogen-bond acceptors (Lipinski definition) is 8. The summed E-state index contributed by atoms with van der Waals surface area (Å²) < 4.78 is 2.69. The van der Waals surface area contributed by atoms with Crippen molar-refractivity contribution in [2.45, 2.75) is 38.3 Å². The molecule has 142 valence electrons. The average Bonchev–Trinajstić information content (AvgIpc) is 3.17. The first kappa shape index (κ1) is 18.6. The first-order valence-corrected chi connectivity index (χ1v) is 9.00. The maximum absolute atomic E-state index is 12.6. The lowest BCUT2D eigenvalue weighted by Gasteiger charge is -2.16. The number of aliphatic hydroxyl groups excluding tert-OH is 1. The monoisotopic (exact) mass is 363 g/mol. The molecule has 0 spiro atoms. The molecule has 0 saturated heterocycles. The minimum Gasteiger partial charge on any atom is -0.395 e. The lowest BCUT2D eigenvalue weighted by atomic mass is 10.2. The van der Waals surface area contributed by atoms with Crippen LogP contribution in [-0.2, 0) is 13.6 Å². The molecule has 0 amide bonds. The molecule has 0 aliphatic heterocycles. The van der Waals surface area contributed by atoms with E-state index in [0.717, 1.165) is 30.3 Å². The van der Waals surface area contributed by atoms with E-state index in [1.165, 1.54) is 7.05 Å². The number of nitrogens with zero attached hydrogens (tertiary/aromatic N) is 5. The third-order valence-electron chi connectivity index (χ3n) is 4.68. The van der Waals surface area contributed by atoms with Crippen LogP contribution in [0.3, 0.4) is 0 Å². The highest BCUT2D eigenvalue weighted by Crippen LogP contribution is 2.29. The minimum atomic E-state index is -0.444. The predicted molar refractivity (Wildman–Crippen MR) is 96.0 cm³/mol. The van der Waals surface area contributed by atoms with Gasteiger partial charge in [-0.2, -0.15) is 0 Å². The Morgan fingerprint density at radius 2 is 1.85 bits per heavy atom. The Hall–Kier alpha value is -2.17. The van der Waals surface area contributed by atoms with Crippen LogP contribution in [0.15, 0.2) is 9.59 Å². The van der Waals surface area contributed by atoms with Gasteiger partial charge in [-0.3, -0.25) is 13.9 Å². The Morgan fingerprint density at radius 3 is 2.58 bits per heavy atom. The summed E-state index contributed by atoms with van der Waals surface area (Å²) in [4.78, 5) is 29.4. The quantitative estimate of drug-likeness (QED) is 0.493. The summed E-state index contributed by atoms with van der Waals surface area (Å²) in [6.07, 6.45) is 3.93. The Kier molecular flexibility index (Phi) is 6.07. The summed E-state index contributed by atoms with van der Waals surface area (Å²) in [5, 5.41) is 23.2. The van der Waals surface area contributed by atoms with Gasteiger partial charge in [-0.05, 0) is 12.8 Å². The normalized spacial score (nSPS) is 15.2. The molecule has 2 aromatic rings. The van der Waals surface area contributed by atoms with Gasteiger partial charge in [0.05, 0.1) is 13.2 Å². The van der Waals surface area contributed by atoms with Crippen LogP contribution in [0.4, 0.5) is 0 Å². The van der Waals surface area contributed by atoms with Crippen LogP contribution in [0.1, 0.15) is 37.5 Å². The third-order valence-corrected chi connectivity index (χ3v) is 4.68. The van der Waals surface area contributed by atoms with E-state index in [1.54, 1.807) is 4.57 Å². The van der Waals surface area contributed by atoms with Crippen molar-refractivity contribution in [3.8, 4) is 0 Å². The fourth-order valence-electron chi connectivity index (χ4n) is 3.31. The van der Waals surface area contributed by atoms with Crippen LogP contribution >= 0.6 is 0 Å². The predicted octanol–water partition coefficient (Wildman–Crippen LogP) is -1.33. The number of hydrogen-bond donors (Lipinski definition) is 3. The number of nitrogens with one attached hydrogen (secondary N) is 2. The third kappa shape index (κ3) is 3.81. The highest BCUT2D eigenvalue weighted by atomic mass is 16.3. The molecule has 1 fully saturated rings. The Labute approximate surface area is 150 Å². The van der Waals surface area contributed by atoms with Gasteiger partial charge < -0.3 is 15.7 Å². The minimum absolute atomic E-state index is 0.0504. The summed E-state index contributed by atoms with van der Waals surface area (Å²) in [5.74, 6) is 0.411. The second-order valence-electron chi connectivity index (χ2n) is 6.51. The highest BCUT2D eigenvalue weighted by Gasteiger charge is 2.24. The van der Waals surface area contributed by atoms with Crippen LogP contribution in [-0.4, -0.2) is 55.7 Å². The number of rotatable bonds is 8. The molecule has 2 heterocycles. The van der Waals surface area contributed by atoms with Gasteiger partial charge in [-0.25, -0.2) is 9.78 Å². The molecule has 0 aromatic carbocycles. The second-order valence-corrected chi connectivity index (χ2v) is 6.51. The first-order valence-electron chi connectivity index (χ1n) is 9.00. The molecule has 0 bridgehead atoms. The molecule has 0 atom stereocenters. The molecule has 3 rings (SSSR count). The van der Waals surface area contributed by atoms with Gasteiger partial charge in [0.2, 0.25) is 0 Å². The van der Waals surface area contributed by atoms with E-state index >= 15 is 0 Å². The van der Waals surface area contributed by atoms with Crippen LogP contribution in [0.5, 0.6) is 0 Å². The van der Waals surface area contributed by atoms with Crippen molar-refractivity contribution in [1.29, 1.82) is 0 Å². The molecule has 3 N–H and O–H groups in total. The van der Waals surface area contributed by atoms with Crippen molar-refractivity contribution in [2.24, 2.45) is 7.05 Å². The second kappa shape index (κ2) is 8.47. The largest absolute Gasteiger partial charge is 0.395 e. The van der Waals surface area contributed by atoms with E-state index in [9.17, 15) is 9.59 Å². The summed E-state index contributed by atoms with van der Waals surface area (Å²) in [7, 11) is 1.47. The average molecular weight is 363 g/mol. The van der Waals surface area contributed by atoms with Crippen molar-refractivity contribution in [2.75, 3.05) is 26.2 Å².